The Morgan fingerprint density at radius 3 is 2.39 bits per heavy atom. The molecule has 2 heterocycles. The highest BCUT2D eigenvalue weighted by atomic mass is 16.6. The van der Waals surface area contributed by atoms with Gasteiger partial charge in [-0.2, -0.15) is 0 Å². The largest absolute Gasteiger partial charge is 0.444 e. The van der Waals surface area contributed by atoms with Crippen LogP contribution in [-0.4, -0.2) is 51.3 Å². The monoisotopic (exact) mass is 520 g/mol. The number of fused-ring (bicyclic) bond motifs is 1. The molecule has 3 amide bonds. The molecule has 0 atom stereocenters. The average molecular weight is 521 g/mol. The zero-order valence-corrected chi connectivity index (χ0v) is 21.9. The van der Waals surface area contributed by atoms with Gasteiger partial charge in [0.05, 0.1) is 11.1 Å². The molecule has 0 radical (unpaired) electrons. The van der Waals surface area contributed by atoms with Gasteiger partial charge >= 0.3 is 6.09 Å². The van der Waals surface area contributed by atoms with E-state index in [1.807, 2.05) is 27.7 Å². The second-order valence-electron chi connectivity index (χ2n) is 10.8. The van der Waals surface area contributed by atoms with E-state index in [0.717, 1.165) is 0 Å². The molecule has 1 saturated heterocycles. The lowest BCUT2D eigenvalue weighted by molar-refractivity contribution is -0.127. The number of benzene rings is 2. The third-order valence-corrected chi connectivity index (χ3v) is 6.72. The van der Waals surface area contributed by atoms with Gasteiger partial charge in [0.25, 0.3) is 11.5 Å². The van der Waals surface area contributed by atoms with E-state index in [9.17, 15) is 19.2 Å². The van der Waals surface area contributed by atoms with Crippen LogP contribution in [0.5, 0.6) is 0 Å². The molecular formula is C28H32N4O6. The van der Waals surface area contributed by atoms with Gasteiger partial charge in [-0.3, -0.25) is 24.2 Å². The minimum absolute atomic E-state index is 0.154. The number of nitrogens with zero attached hydrogens (tertiary/aromatic N) is 2. The number of pyridine rings is 1. The topological polar surface area (TPSA) is 130 Å². The fourth-order valence-electron chi connectivity index (χ4n) is 4.40. The second kappa shape index (κ2) is 10.3. The van der Waals surface area contributed by atoms with Crippen LogP contribution >= 0.6 is 0 Å². The van der Waals surface area contributed by atoms with Gasteiger partial charge < -0.3 is 15.0 Å². The van der Waals surface area contributed by atoms with E-state index in [2.05, 4.69) is 5.32 Å². The van der Waals surface area contributed by atoms with E-state index < -0.39 is 16.9 Å². The molecule has 38 heavy (non-hydrogen) atoms. The van der Waals surface area contributed by atoms with Gasteiger partial charge in [-0.05, 0) is 75.4 Å². The van der Waals surface area contributed by atoms with Crippen molar-refractivity contribution in [1.82, 2.24) is 14.9 Å². The maximum absolute atomic E-state index is 13.2. The zero-order chi connectivity index (χ0) is 27.7. The number of aromatic nitrogens is 1. The number of hydroxylamine groups is 1. The van der Waals surface area contributed by atoms with Gasteiger partial charge in [0.15, 0.2) is 0 Å². The number of anilines is 1. The molecule has 1 aliphatic heterocycles. The van der Waals surface area contributed by atoms with Gasteiger partial charge in [-0.25, -0.2) is 10.3 Å². The van der Waals surface area contributed by atoms with Gasteiger partial charge in [0.1, 0.15) is 5.60 Å². The van der Waals surface area contributed by atoms with Gasteiger partial charge in [-0.15, -0.1) is 0 Å². The Labute approximate surface area is 220 Å². The molecule has 0 bridgehead atoms. The normalized spacial score (nSPS) is 15.1. The smallest absolute Gasteiger partial charge is 0.410 e. The third-order valence-electron chi connectivity index (χ3n) is 6.72. The second-order valence-corrected chi connectivity index (χ2v) is 10.8. The summed E-state index contributed by atoms with van der Waals surface area (Å²) in [4.78, 5) is 52.3. The van der Waals surface area contributed by atoms with Crippen molar-refractivity contribution >= 4 is 34.4 Å². The molecule has 1 fully saturated rings. The SMILES string of the molecule is CC(C)(C)OC(=O)N1CCC(C)(C(=O)Nc2cccc(-n3ccc4ccc(C(=O)NO)cc4c3=O)c2)CC1. The number of hydrogen-bond acceptors (Lipinski definition) is 6. The lowest BCUT2D eigenvalue weighted by Gasteiger charge is -2.38. The number of piperidine rings is 1. The molecule has 3 N–H and O–H groups in total. The van der Waals surface area contributed by atoms with Crippen LogP contribution in [0.2, 0.25) is 0 Å². The van der Waals surface area contributed by atoms with Crippen LogP contribution in [0.25, 0.3) is 16.5 Å². The number of amides is 3. The standard InChI is InChI=1S/C28H32N4O6/c1-27(2,3)38-26(36)31-14-11-28(4,12-15-31)25(35)29-20-6-5-7-21(17-20)32-13-10-18-8-9-19(23(33)30-37)16-22(18)24(32)34/h5-10,13,16-17,37H,11-12,14-15H2,1-4H3,(H,29,35)(H,30,33). The summed E-state index contributed by atoms with van der Waals surface area (Å²) in [6.07, 6.45) is 2.24. The summed E-state index contributed by atoms with van der Waals surface area (Å²) in [5.41, 5.74) is 1.20. The van der Waals surface area contributed by atoms with Crippen molar-refractivity contribution in [2.24, 2.45) is 5.41 Å². The van der Waals surface area contributed by atoms with E-state index in [4.69, 9.17) is 9.94 Å². The zero-order valence-electron chi connectivity index (χ0n) is 21.9. The molecule has 1 aliphatic rings. The van der Waals surface area contributed by atoms with Crippen molar-refractivity contribution in [2.45, 2.75) is 46.1 Å². The van der Waals surface area contributed by atoms with Crippen LogP contribution < -0.4 is 16.4 Å². The molecule has 200 valence electrons. The van der Waals surface area contributed by atoms with Crippen LogP contribution in [0, 0.1) is 5.41 Å². The van der Waals surface area contributed by atoms with Gasteiger partial charge in [0.2, 0.25) is 5.91 Å². The maximum Gasteiger partial charge on any atom is 0.410 e. The summed E-state index contributed by atoms with van der Waals surface area (Å²) in [5.74, 6) is -0.874. The molecule has 0 aliphatic carbocycles. The molecule has 1 aromatic heterocycles. The van der Waals surface area contributed by atoms with Crippen molar-refractivity contribution < 1.29 is 24.3 Å². The fourth-order valence-corrected chi connectivity index (χ4v) is 4.40. The fraction of sp³-hybridized carbons (Fsp3) is 0.357. The van der Waals surface area contributed by atoms with Gasteiger partial charge in [-0.1, -0.05) is 19.1 Å². The van der Waals surface area contributed by atoms with E-state index in [-0.39, 0.29) is 23.1 Å². The molecule has 10 heteroatoms. The van der Waals surface area contributed by atoms with Crippen LogP contribution in [0.4, 0.5) is 10.5 Å². The summed E-state index contributed by atoms with van der Waals surface area (Å²) in [6, 6.07) is 13.3. The lowest BCUT2D eigenvalue weighted by atomic mass is 9.79. The number of carbonyl (C=O) groups is 3. The number of rotatable bonds is 4. The van der Waals surface area contributed by atoms with Crippen LogP contribution in [0.3, 0.4) is 0 Å². The number of nitrogens with one attached hydrogen (secondary N) is 2. The quantitative estimate of drug-likeness (QED) is 0.351. The van der Waals surface area contributed by atoms with Gasteiger partial charge in [0, 0.05) is 35.9 Å². The molecule has 2 aromatic carbocycles. The van der Waals surface area contributed by atoms with Crippen LogP contribution in [0.15, 0.2) is 59.5 Å². The summed E-state index contributed by atoms with van der Waals surface area (Å²) in [6.45, 7) is 8.17. The van der Waals surface area contributed by atoms with E-state index in [1.165, 1.54) is 16.7 Å². The summed E-state index contributed by atoms with van der Waals surface area (Å²) in [7, 11) is 0. The van der Waals surface area contributed by atoms with E-state index in [0.29, 0.717) is 48.1 Å². The Balaban J connectivity index is 1.51. The van der Waals surface area contributed by atoms with E-state index in [1.54, 1.807) is 53.0 Å². The maximum atomic E-state index is 13.2. The molecule has 4 rings (SSSR count). The Morgan fingerprint density at radius 2 is 1.74 bits per heavy atom. The Kier molecular flexibility index (Phi) is 7.28. The van der Waals surface area contributed by atoms with Crippen molar-refractivity contribution in [3.8, 4) is 5.69 Å². The number of carbonyl (C=O) groups excluding carboxylic acids is 3. The lowest BCUT2D eigenvalue weighted by Crippen LogP contribution is -2.48. The highest BCUT2D eigenvalue weighted by Crippen LogP contribution is 2.33. The molecule has 3 aromatic rings. The highest BCUT2D eigenvalue weighted by molar-refractivity contribution is 5.98. The first kappa shape index (κ1) is 26.9. The first-order chi connectivity index (χ1) is 17.9. The van der Waals surface area contributed by atoms with Crippen molar-refractivity contribution in [3.63, 3.8) is 0 Å². The highest BCUT2D eigenvalue weighted by Gasteiger charge is 2.39. The predicted molar refractivity (Wildman–Crippen MR) is 143 cm³/mol. The number of hydrogen-bond donors (Lipinski definition) is 3. The van der Waals surface area contributed by atoms with Crippen molar-refractivity contribution in [1.29, 1.82) is 0 Å². The third kappa shape index (κ3) is 5.70. The van der Waals surface area contributed by atoms with Crippen LogP contribution in [-0.2, 0) is 9.53 Å². The molecule has 0 saturated carbocycles. The Morgan fingerprint density at radius 1 is 1.03 bits per heavy atom. The summed E-state index contributed by atoms with van der Waals surface area (Å²) in [5, 5.41) is 12.8. The predicted octanol–water partition coefficient (Wildman–Crippen LogP) is 4.09. The number of ether oxygens (including phenoxy) is 1. The minimum Gasteiger partial charge on any atom is -0.444 e. The number of likely N-dealkylation sites (tertiary alicyclic amines) is 1. The van der Waals surface area contributed by atoms with E-state index >= 15 is 0 Å². The molecule has 0 unspecified atom stereocenters. The first-order valence-corrected chi connectivity index (χ1v) is 12.4. The summed E-state index contributed by atoms with van der Waals surface area (Å²) < 4.78 is 6.87. The summed E-state index contributed by atoms with van der Waals surface area (Å²) >= 11 is 0. The molecular weight excluding hydrogens is 488 g/mol. The molecule has 10 nitrogen and oxygen atoms in total. The molecule has 0 spiro atoms. The van der Waals surface area contributed by atoms with Crippen molar-refractivity contribution in [3.05, 3.63) is 70.6 Å². The average Bonchev–Trinajstić information content (AvgIpc) is 2.88. The Bertz CT molecular complexity index is 1450. The van der Waals surface area contributed by atoms with Crippen molar-refractivity contribution in [2.75, 3.05) is 18.4 Å². The minimum atomic E-state index is -0.711. The van der Waals surface area contributed by atoms with Crippen LogP contribution in [0.1, 0.15) is 50.9 Å². The first-order valence-electron chi connectivity index (χ1n) is 12.4. The Hall–Kier alpha value is -4.18.